The Morgan fingerprint density at radius 2 is 2.15 bits per heavy atom. The second-order valence-electron chi connectivity index (χ2n) is 4.03. The van der Waals surface area contributed by atoms with E-state index in [-0.39, 0.29) is 0 Å². The molecule has 13 heavy (non-hydrogen) atoms. The molecular weight excluding hydrogens is 188 g/mol. The van der Waals surface area contributed by atoms with Crippen LogP contribution in [0, 0.1) is 17.8 Å². The molecule has 0 radical (unpaired) electrons. The van der Waals surface area contributed by atoms with Crippen molar-refractivity contribution in [3.8, 4) is 0 Å². The third kappa shape index (κ3) is 2.11. The topological polar surface area (TPSA) is 43.4 Å². The first-order valence-electron chi connectivity index (χ1n) is 4.57. The Balaban J connectivity index is 1.88. The van der Waals surface area contributed by atoms with Crippen LogP contribution in [-0.2, 0) is 14.3 Å². The predicted molar refractivity (Wildman–Crippen MR) is 49.6 cm³/mol. The molecule has 0 heterocycles. The molecule has 0 saturated heterocycles. The van der Waals surface area contributed by atoms with Crippen LogP contribution in [0.15, 0.2) is 12.2 Å². The van der Waals surface area contributed by atoms with E-state index in [1.165, 1.54) is 6.42 Å². The molecule has 4 heteroatoms. The summed E-state index contributed by atoms with van der Waals surface area (Å²) in [4.78, 5) is 0. The number of allylic oxidation sites excluding steroid dienone is 2. The van der Waals surface area contributed by atoms with Crippen molar-refractivity contribution >= 4 is 10.1 Å². The van der Waals surface area contributed by atoms with Gasteiger partial charge in [0.2, 0.25) is 0 Å². The Morgan fingerprint density at radius 3 is 2.62 bits per heavy atom. The van der Waals surface area contributed by atoms with E-state index in [1.54, 1.807) is 0 Å². The number of rotatable bonds is 3. The Bertz CT molecular complexity index is 318. The third-order valence-electron chi connectivity index (χ3n) is 2.91. The maximum absolute atomic E-state index is 10.8. The van der Waals surface area contributed by atoms with Gasteiger partial charge in [0.15, 0.2) is 0 Å². The van der Waals surface area contributed by atoms with Crippen molar-refractivity contribution < 1.29 is 12.6 Å². The van der Waals surface area contributed by atoms with Crippen molar-refractivity contribution in [2.75, 3.05) is 12.9 Å². The van der Waals surface area contributed by atoms with Crippen molar-refractivity contribution in [2.45, 2.75) is 12.8 Å². The predicted octanol–water partition coefficient (Wildman–Crippen LogP) is 1.17. The minimum absolute atomic E-state index is 0.365. The van der Waals surface area contributed by atoms with Crippen LogP contribution in [-0.4, -0.2) is 21.3 Å². The summed E-state index contributed by atoms with van der Waals surface area (Å²) < 4.78 is 26.3. The number of hydrogen-bond donors (Lipinski definition) is 0. The fourth-order valence-electron chi connectivity index (χ4n) is 2.30. The highest BCUT2D eigenvalue weighted by atomic mass is 32.2. The van der Waals surface area contributed by atoms with Gasteiger partial charge in [-0.2, -0.15) is 8.42 Å². The van der Waals surface area contributed by atoms with Crippen LogP contribution < -0.4 is 0 Å². The van der Waals surface area contributed by atoms with E-state index in [1.807, 2.05) is 0 Å². The highest BCUT2D eigenvalue weighted by Gasteiger charge is 2.36. The molecule has 0 aromatic heterocycles. The fourth-order valence-corrected chi connectivity index (χ4v) is 2.72. The maximum atomic E-state index is 10.8. The van der Waals surface area contributed by atoms with Crippen LogP contribution in [0.5, 0.6) is 0 Å². The van der Waals surface area contributed by atoms with Gasteiger partial charge < -0.3 is 0 Å². The monoisotopic (exact) mass is 202 g/mol. The summed E-state index contributed by atoms with van der Waals surface area (Å²) in [5.41, 5.74) is 0. The molecule has 2 rings (SSSR count). The van der Waals surface area contributed by atoms with E-state index in [2.05, 4.69) is 12.2 Å². The summed E-state index contributed by atoms with van der Waals surface area (Å²) in [5, 5.41) is 0. The normalized spacial score (nSPS) is 37.2. The summed E-state index contributed by atoms with van der Waals surface area (Å²) >= 11 is 0. The van der Waals surface area contributed by atoms with Crippen LogP contribution in [0.1, 0.15) is 12.8 Å². The first kappa shape index (κ1) is 9.21. The average molecular weight is 202 g/mol. The number of fused-ring (bicyclic) bond motifs is 2. The van der Waals surface area contributed by atoms with E-state index in [0.29, 0.717) is 24.4 Å². The molecule has 0 spiro atoms. The Morgan fingerprint density at radius 1 is 1.38 bits per heavy atom. The van der Waals surface area contributed by atoms with Gasteiger partial charge in [-0.25, -0.2) is 0 Å². The van der Waals surface area contributed by atoms with Crippen LogP contribution >= 0.6 is 0 Å². The van der Waals surface area contributed by atoms with Crippen molar-refractivity contribution in [3.05, 3.63) is 12.2 Å². The lowest BCUT2D eigenvalue weighted by atomic mass is 9.95. The average Bonchev–Trinajstić information content (AvgIpc) is 2.58. The maximum Gasteiger partial charge on any atom is 0.264 e. The molecule has 0 amide bonds. The minimum atomic E-state index is -3.25. The molecular formula is C9H14O3S. The van der Waals surface area contributed by atoms with E-state index >= 15 is 0 Å². The van der Waals surface area contributed by atoms with Crippen molar-refractivity contribution in [3.63, 3.8) is 0 Å². The van der Waals surface area contributed by atoms with Gasteiger partial charge in [0.1, 0.15) is 0 Å². The molecule has 2 aliphatic rings. The summed E-state index contributed by atoms with van der Waals surface area (Å²) in [6.07, 6.45) is 7.83. The smallest absolute Gasteiger partial charge is 0.264 e. The third-order valence-corrected chi connectivity index (χ3v) is 3.48. The molecule has 3 nitrogen and oxygen atoms in total. The zero-order valence-electron chi connectivity index (χ0n) is 7.64. The molecule has 2 bridgehead atoms. The minimum Gasteiger partial charge on any atom is -0.270 e. The summed E-state index contributed by atoms with van der Waals surface area (Å²) in [6, 6.07) is 0. The van der Waals surface area contributed by atoms with Gasteiger partial charge in [0.25, 0.3) is 10.1 Å². The summed E-state index contributed by atoms with van der Waals surface area (Å²) in [6.45, 7) is 0.365. The van der Waals surface area contributed by atoms with E-state index in [9.17, 15) is 8.42 Å². The highest BCUT2D eigenvalue weighted by molar-refractivity contribution is 7.85. The molecule has 0 aromatic rings. The summed E-state index contributed by atoms with van der Waals surface area (Å²) in [5.74, 6) is 1.66. The standard InChI is InChI=1S/C9H14O3S/c1-13(10,11)12-6-9-5-7-2-3-8(9)4-7/h2-3,7-9H,4-6H2,1H3/t7-,8+,9+/m0/s1. The number of hydrogen-bond acceptors (Lipinski definition) is 3. The van der Waals surface area contributed by atoms with Gasteiger partial charge in [0, 0.05) is 0 Å². The Labute approximate surface area is 78.9 Å². The zero-order chi connectivity index (χ0) is 9.47. The molecule has 2 aliphatic carbocycles. The fraction of sp³-hybridized carbons (Fsp3) is 0.778. The van der Waals surface area contributed by atoms with Gasteiger partial charge in [-0.3, -0.25) is 4.18 Å². The molecule has 0 aromatic carbocycles. The Kier molecular flexibility index (Phi) is 2.20. The molecule has 0 unspecified atom stereocenters. The first-order valence-corrected chi connectivity index (χ1v) is 6.39. The summed E-state index contributed by atoms with van der Waals surface area (Å²) in [7, 11) is -3.25. The molecule has 3 atom stereocenters. The second kappa shape index (κ2) is 3.10. The lowest BCUT2D eigenvalue weighted by Gasteiger charge is -2.16. The van der Waals surface area contributed by atoms with E-state index < -0.39 is 10.1 Å². The van der Waals surface area contributed by atoms with Crippen LogP contribution in [0.4, 0.5) is 0 Å². The first-order chi connectivity index (χ1) is 6.04. The van der Waals surface area contributed by atoms with Crippen LogP contribution in [0.3, 0.4) is 0 Å². The van der Waals surface area contributed by atoms with Gasteiger partial charge >= 0.3 is 0 Å². The van der Waals surface area contributed by atoms with Gasteiger partial charge in [-0.15, -0.1) is 0 Å². The molecule has 74 valence electrons. The quantitative estimate of drug-likeness (QED) is 0.510. The molecule has 0 N–H and O–H groups in total. The van der Waals surface area contributed by atoms with E-state index in [4.69, 9.17) is 4.18 Å². The van der Waals surface area contributed by atoms with Crippen LogP contribution in [0.25, 0.3) is 0 Å². The molecule has 0 aliphatic heterocycles. The van der Waals surface area contributed by atoms with Crippen LogP contribution in [0.2, 0.25) is 0 Å². The van der Waals surface area contributed by atoms with Gasteiger partial charge in [-0.1, -0.05) is 12.2 Å². The van der Waals surface area contributed by atoms with Gasteiger partial charge in [0.05, 0.1) is 12.9 Å². The lowest BCUT2D eigenvalue weighted by molar-refractivity contribution is 0.235. The van der Waals surface area contributed by atoms with E-state index in [0.717, 1.165) is 12.7 Å². The SMILES string of the molecule is CS(=O)(=O)OC[C@H]1C[C@H]2C=C[C@@H]1C2. The largest absolute Gasteiger partial charge is 0.270 e. The van der Waals surface area contributed by atoms with Crippen molar-refractivity contribution in [2.24, 2.45) is 17.8 Å². The Hall–Kier alpha value is -0.350. The second-order valence-corrected chi connectivity index (χ2v) is 5.67. The van der Waals surface area contributed by atoms with Crippen molar-refractivity contribution in [1.82, 2.24) is 0 Å². The van der Waals surface area contributed by atoms with Gasteiger partial charge in [-0.05, 0) is 30.6 Å². The lowest BCUT2D eigenvalue weighted by Crippen LogP contribution is -2.17. The van der Waals surface area contributed by atoms with Crippen molar-refractivity contribution in [1.29, 1.82) is 0 Å². The highest BCUT2D eigenvalue weighted by Crippen LogP contribution is 2.43. The zero-order valence-corrected chi connectivity index (χ0v) is 8.46. The molecule has 1 fully saturated rings. The molecule has 1 saturated carbocycles.